The van der Waals surface area contributed by atoms with Gasteiger partial charge in [0.1, 0.15) is 10.8 Å². The van der Waals surface area contributed by atoms with E-state index in [0.717, 1.165) is 31.8 Å². The summed E-state index contributed by atoms with van der Waals surface area (Å²) >= 11 is 4.76. The van der Waals surface area contributed by atoms with Gasteiger partial charge in [-0.1, -0.05) is 23.7 Å². The molecule has 0 amide bonds. The first-order valence-electron chi connectivity index (χ1n) is 8.93. The van der Waals surface area contributed by atoms with Crippen LogP contribution in [0.1, 0.15) is 24.8 Å². The summed E-state index contributed by atoms with van der Waals surface area (Å²) in [5, 5.41) is 0.481. The first kappa shape index (κ1) is 18.1. The maximum absolute atomic E-state index is 12.5. The lowest BCUT2D eigenvalue weighted by Gasteiger charge is -2.18. The molecule has 1 aliphatic carbocycles. The van der Waals surface area contributed by atoms with Crippen LogP contribution in [0.25, 0.3) is 0 Å². The second-order valence-electron chi connectivity index (χ2n) is 6.87. The first-order valence-corrected chi connectivity index (χ1v) is 10.5. The summed E-state index contributed by atoms with van der Waals surface area (Å²) in [5.41, 5.74) is 1.27. The fourth-order valence-electron chi connectivity index (χ4n) is 3.10. The van der Waals surface area contributed by atoms with Gasteiger partial charge >= 0.3 is 0 Å². The Morgan fingerprint density at radius 2 is 2.04 bits per heavy atom. The van der Waals surface area contributed by atoms with Gasteiger partial charge in [-0.15, -0.1) is 4.72 Å². The Morgan fingerprint density at radius 3 is 2.77 bits per heavy atom. The maximum atomic E-state index is 12.5. The van der Waals surface area contributed by atoms with E-state index < -0.39 is 11.4 Å². The Hall–Kier alpha value is -1.31. The van der Waals surface area contributed by atoms with Crippen LogP contribution >= 0.6 is 11.6 Å². The van der Waals surface area contributed by atoms with Gasteiger partial charge < -0.3 is 9.29 Å². The van der Waals surface area contributed by atoms with Crippen LogP contribution in [0.5, 0.6) is 5.75 Å². The Kier molecular flexibility index (Phi) is 5.66. The normalized spacial score (nSPS) is 21.7. The minimum Gasteiger partial charge on any atom is -0.593 e. The lowest BCUT2D eigenvalue weighted by Crippen LogP contribution is -2.37. The monoisotopic (exact) mass is 391 g/mol. The lowest BCUT2D eigenvalue weighted by molar-refractivity contribution is 0.302. The third kappa shape index (κ3) is 4.69. The minimum atomic E-state index is -1.34. The van der Waals surface area contributed by atoms with Crippen molar-refractivity contribution < 1.29 is 9.29 Å². The highest BCUT2D eigenvalue weighted by Gasteiger charge is 2.28. The van der Waals surface area contributed by atoms with Gasteiger partial charge in [0.15, 0.2) is 0 Å². The molecule has 1 N–H and O–H groups in total. The van der Waals surface area contributed by atoms with Crippen LogP contribution in [0.4, 0.5) is 0 Å². The molecule has 4 rings (SSSR count). The molecular weight excluding hydrogens is 370 g/mol. The fourth-order valence-corrected chi connectivity index (χ4v) is 4.44. The highest BCUT2D eigenvalue weighted by molar-refractivity contribution is 7.89. The van der Waals surface area contributed by atoms with Gasteiger partial charge in [-0.2, -0.15) is 0 Å². The van der Waals surface area contributed by atoms with Crippen LogP contribution in [-0.2, 0) is 17.9 Å². The molecule has 2 aliphatic rings. The third-order valence-corrected chi connectivity index (χ3v) is 6.35. The number of aromatic nitrogens is 1. The van der Waals surface area contributed by atoms with Crippen LogP contribution < -0.4 is 9.46 Å². The molecule has 5 nitrogen and oxygen atoms in total. The smallest absolute Gasteiger partial charge is 0.210 e. The second kappa shape index (κ2) is 8.15. The zero-order chi connectivity index (χ0) is 17.9. The Balaban J connectivity index is 1.27. The average Bonchev–Trinajstić information content (AvgIpc) is 3.35. The number of likely N-dealkylation sites (tertiary alicyclic amines) is 1. The number of pyridine rings is 1. The van der Waals surface area contributed by atoms with Gasteiger partial charge in [0.25, 0.3) is 0 Å². The predicted octanol–water partition coefficient (Wildman–Crippen LogP) is 3.16. The van der Waals surface area contributed by atoms with Crippen molar-refractivity contribution in [3.8, 4) is 5.75 Å². The van der Waals surface area contributed by atoms with Gasteiger partial charge in [0.2, 0.25) is 4.90 Å². The fraction of sp³-hybridized carbons (Fsp3) is 0.421. The van der Waals surface area contributed by atoms with E-state index in [-0.39, 0.29) is 6.04 Å². The highest BCUT2D eigenvalue weighted by atomic mass is 35.5. The van der Waals surface area contributed by atoms with Crippen molar-refractivity contribution in [2.24, 2.45) is 0 Å². The Labute approximate surface area is 162 Å². The number of halogens is 1. The summed E-state index contributed by atoms with van der Waals surface area (Å²) in [6.07, 6.45) is 6.91. The maximum Gasteiger partial charge on any atom is 0.210 e. The zero-order valence-electron chi connectivity index (χ0n) is 14.4. The van der Waals surface area contributed by atoms with Crippen molar-refractivity contribution in [3.05, 3.63) is 53.3 Å². The number of ether oxygens (including phenoxy) is 1. The number of hydrogen-bond acceptors (Lipinski definition) is 5. The molecule has 7 heteroatoms. The SMILES string of the molecule is [O-][S@+](N[C@@H]1CCN(Cc2ccc(OC3CC3)cc2)C1)c1cnccc1Cl. The summed E-state index contributed by atoms with van der Waals surface area (Å²) in [4.78, 5) is 6.91. The van der Waals surface area contributed by atoms with Gasteiger partial charge in [0.05, 0.1) is 29.7 Å². The van der Waals surface area contributed by atoms with E-state index in [4.69, 9.17) is 16.3 Å². The molecule has 1 aromatic heterocycles. The molecule has 1 aromatic carbocycles. The van der Waals surface area contributed by atoms with E-state index in [1.807, 2.05) is 0 Å². The van der Waals surface area contributed by atoms with Crippen molar-refractivity contribution in [1.82, 2.24) is 14.6 Å². The number of nitrogens with zero attached hydrogens (tertiary/aromatic N) is 2. The molecule has 26 heavy (non-hydrogen) atoms. The summed E-state index contributed by atoms with van der Waals surface area (Å²) in [6.45, 7) is 2.74. The molecule has 0 unspecified atom stereocenters. The van der Waals surface area contributed by atoms with Crippen molar-refractivity contribution >= 4 is 23.0 Å². The largest absolute Gasteiger partial charge is 0.593 e. The molecule has 2 fully saturated rings. The van der Waals surface area contributed by atoms with Crippen molar-refractivity contribution in [2.75, 3.05) is 13.1 Å². The molecule has 1 aliphatic heterocycles. The van der Waals surface area contributed by atoms with Crippen LogP contribution in [0, 0.1) is 0 Å². The number of hydrogen-bond donors (Lipinski definition) is 1. The van der Waals surface area contributed by atoms with E-state index in [9.17, 15) is 4.55 Å². The summed E-state index contributed by atoms with van der Waals surface area (Å²) in [5.74, 6) is 0.959. The minimum absolute atomic E-state index is 0.185. The van der Waals surface area contributed by atoms with Gasteiger partial charge in [-0.25, -0.2) is 0 Å². The molecular formula is C19H22ClN3O2S. The van der Waals surface area contributed by atoms with E-state index in [2.05, 4.69) is 38.9 Å². The number of rotatable bonds is 7. The van der Waals surface area contributed by atoms with Crippen LogP contribution in [-0.4, -0.2) is 39.7 Å². The standard InChI is InChI=1S/C19H22ClN3O2S/c20-18-7-9-21-11-19(18)26(24)22-15-8-10-23(13-15)12-14-1-3-16(4-2-14)25-17-5-6-17/h1-4,7,9,11,15,17,22H,5-6,8,10,12-13H2/t15-,26+/m1/s1. The molecule has 0 radical (unpaired) electrons. The van der Waals surface area contributed by atoms with Crippen molar-refractivity contribution in [3.63, 3.8) is 0 Å². The highest BCUT2D eigenvalue weighted by Crippen LogP contribution is 2.27. The predicted molar refractivity (Wildman–Crippen MR) is 103 cm³/mol. The molecule has 0 bridgehead atoms. The van der Waals surface area contributed by atoms with Crippen LogP contribution in [0.2, 0.25) is 5.02 Å². The van der Waals surface area contributed by atoms with E-state index in [1.54, 1.807) is 18.5 Å². The Bertz CT molecular complexity index is 742. The summed E-state index contributed by atoms with van der Waals surface area (Å²) in [6, 6.07) is 10.2. The molecule has 1 saturated carbocycles. The molecule has 2 atom stereocenters. The number of benzene rings is 1. The Morgan fingerprint density at radius 1 is 1.23 bits per heavy atom. The van der Waals surface area contributed by atoms with Crippen molar-refractivity contribution in [1.29, 1.82) is 0 Å². The van der Waals surface area contributed by atoms with Crippen LogP contribution in [0.3, 0.4) is 0 Å². The zero-order valence-corrected chi connectivity index (χ0v) is 16.0. The molecule has 2 aromatic rings. The second-order valence-corrected chi connectivity index (χ2v) is 8.49. The van der Waals surface area contributed by atoms with Crippen molar-refractivity contribution in [2.45, 2.75) is 42.8 Å². The van der Waals surface area contributed by atoms with Gasteiger partial charge in [-0.05, 0) is 43.0 Å². The third-order valence-electron chi connectivity index (χ3n) is 4.64. The topological polar surface area (TPSA) is 60.5 Å². The molecule has 138 valence electrons. The van der Waals surface area contributed by atoms with E-state index in [1.165, 1.54) is 18.4 Å². The summed E-state index contributed by atoms with van der Waals surface area (Å²) in [7, 11) is 0. The average molecular weight is 392 g/mol. The van der Waals surface area contributed by atoms with E-state index in [0.29, 0.717) is 16.0 Å². The quantitative estimate of drug-likeness (QED) is 0.734. The molecule has 1 saturated heterocycles. The number of nitrogens with one attached hydrogen (secondary N) is 1. The summed E-state index contributed by atoms with van der Waals surface area (Å²) < 4.78 is 21.4. The van der Waals surface area contributed by atoms with Gasteiger partial charge in [0, 0.05) is 25.8 Å². The van der Waals surface area contributed by atoms with E-state index >= 15 is 0 Å². The molecule has 2 heterocycles. The van der Waals surface area contributed by atoms with Crippen LogP contribution in [0.15, 0.2) is 47.6 Å². The first-order chi connectivity index (χ1) is 12.7. The lowest BCUT2D eigenvalue weighted by atomic mass is 10.2. The molecule has 0 spiro atoms. The van der Waals surface area contributed by atoms with Gasteiger partial charge in [-0.3, -0.25) is 9.88 Å².